The van der Waals surface area contributed by atoms with Crippen molar-refractivity contribution in [3.05, 3.63) is 98.6 Å². The second-order valence-corrected chi connectivity index (χ2v) is 18.6. The minimum absolute atomic E-state index is 0.112. The first-order chi connectivity index (χ1) is 28.1. The Balaban J connectivity index is 0.000000925. The molecule has 0 saturated heterocycles. The predicted molar refractivity (Wildman–Crippen MR) is 215 cm³/mol. The van der Waals surface area contributed by atoms with Gasteiger partial charge in [0.05, 0.1) is 38.6 Å². The molecule has 0 saturated carbocycles. The van der Waals surface area contributed by atoms with E-state index in [0.29, 0.717) is 63.6 Å². The lowest BCUT2D eigenvalue weighted by Gasteiger charge is -2.34. The molecule has 3 aromatic carbocycles. The lowest BCUT2D eigenvalue weighted by atomic mass is 9.84. The summed E-state index contributed by atoms with van der Waals surface area (Å²) >= 11 is 0. The van der Waals surface area contributed by atoms with Crippen LogP contribution in [-0.2, 0) is 25.0 Å². The number of fused-ring (bicyclic) bond motifs is 4. The van der Waals surface area contributed by atoms with Crippen LogP contribution in [0.2, 0.25) is 0 Å². The van der Waals surface area contributed by atoms with Gasteiger partial charge in [0.1, 0.15) is 17.3 Å². The number of carbonyl (C=O) groups is 3. The number of aromatic carboxylic acids is 1. The summed E-state index contributed by atoms with van der Waals surface area (Å²) in [6, 6.07) is 10.9. The molecule has 0 unspecified atom stereocenters. The van der Waals surface area contributed by atoms with Gasteiger partial charge < -0.3 is 35.9 Å². The number of carboxylic acid groups (broad SMARTS) is 2. The van der Waals surface area contributed by atoms with E-state index >= 15 is 0 Å². The number of carboxylic acids is 2. The molecule has 3 aromatic rings. The SMILES string of the molecule is CC1(C)C=C(CS(=O)(=O)[O-])c2cc3c(cc2N1)Oc1cc2c(cc1=C3c1ccc(C(=O)NCCCCCN)cc1C(=O)O)C(CS(=O)(=O)O)=CC(C)(C)[NH+]=2.O=C(O)C(F)(F)F. The molecule has 0 atom stereocenters. The van der Waals surface area contributed by atoms with Crippen LogP contribution >= 0.6 is 0 Å². The van der Waals surface area contributed by atoms with E-state index in [1.807, 2.05) is 27.7 Å². The maximum Gasteiger partial charge on any atom is 0.490 e. The Hall–Kier alpha value is -5.61. The summed E-state index contributed by atoms with van der Waals surface area (Å²) in [7, 11) is -9.20. The minimum atomic E-state index is -5.08. The summed E-state index contributed by atoms with van der Waals surface area (Å²) in [5, 5.41) is 24.7. The number of hydrogen-bond donors (Lipinski definition) is 7. The number of aliphatic carboxylic acids is 1. The molecule has 0 spiro atoms. The van der Waals surface area contributed by atoms with E-state index in [1.165, 1.54) is 18.2 Å². The van der Waals surface area contributed by atoms with Crippen molar-refractivity contribution in [2.75, 3.05) is 29.9 Å². The molecule has 21 heteroatoms. The predicted octanol–water partition coefficient (Wildman–Crippen LogP) is 2.13. The van der Waals surface area contributed by atoms with Crippen molar-refractivity contribution in [1.29, 1.82) is 0 Å². The average Bonchev–Trinajstić information content (AvgIpc) is 3.10. The van der Waals surface area contributed by atoms with Crippen molar-refractivity contribution in [2.24, 2.45) is 5.73 Å². The van der Waals surface area contributed by atoms with Crippen molar-refractivity contribution in [1.82, 2.24) is 5.32 Å². The Labute approximate surface area is 348 Å². The van der Waals surface area contributed by atoms with Gasteiger partial charge in [-0.3, -0.25) is 9.35 Å². The number of benzene rings is 3. The van der Waals surface area contributed by atoms with Crippen molar-refractivity contribution in [3.8, 4) is 11.5 Å². The summed E-state index contributed by atoms with van der Waals surface area (Å²) in [6.45, 7) is 8.20. The van der Waals surface area contributed by atoms with E-state index in [2.05, 4.69) is 15.6 Å². The number of unbranched alkanes of at least 4 members (excludes halogenated alkanes) is 2. The van der Waals surface area contributed by atoms with E-state index in [4.69, 9.17) is 20.4 Å². The van der Waals surface area contributed by atoms with Crippen LogP contribution in [0.1, 0.15) is 89.9 Å². The third kappa shape index (κ3) is 11.4. The van der Waals surface area contributed by atoms with Crippen molar-refractivity contribution in [3.63, 3.8) is 0 Å². The molecular weight excluding hydrogens is 850 g/mol. The van der Waals surface area contributed by atoms with Crippen LogP contribution in [-0.4, -0.2) is 95.8 Å². The minimum Gasteiger partial charge on any atom is -0.748 e. The van der Waals surface area contributed by atoms with Gasteiger partial charge in [0.25, 0.3) is 16.0 Å². The first-order valence-electron chi connectivity index (χ1n) is 18.5. The molecule has 8 N–H and O–H groups in total. The van der Waals surface area contributed by atoms with Gasteiger partial charge in [-0.2, -0.15) is 21.6 Å². The molecule has 0 aliphatic carbocycles. The number of carbonyl (C=O) groups excluding carboxylic acids is 1. The van der Waals surface area contributed by atoms with Gasteiger partial charge in [0.2, 0.25) is 5.36 Å². The zero-order valence-corrected chi connectivity index (χ0v) is 34.8. The molecule has 6 rings (SSSR count). The maximum atomic E-state index is 13.1. The average molecular weight is 893 g/mol. The van der Waals surface area contributed by atoms with Gasteiger partial charge >= 0.3 is 18.1 Å². The third-order valence-corrected chi connectivity index (χ3v) is 10.9. The molecule has 3 heterocycles. The van der Waals surface area contributed by atoms with Gasteiger partial charge in [-0.1, -0.05) is 18.6 Å². The van der Waals surface area contributed by atoms with E-state index < -0.39 is 66.8 Å². The zero-order valence-electron chi connectivity index (χ0n) is 33.2. The molecule has 3 aliphatic heterocycles. The maximum absolute atomic E-state index is 13.1. The Morgan fingerprint density at radius 3 is 2.11 bits per heavy atom. The van der Waals surface area contributed by atoms with E-state index in [1.54, 1.807) is 36.4 Å². The first kappa shape index (κ1) is 46.5. The number of alkyl halides is 3. The second kappa shape index (κ2) is 17.0. The first-order valence-corrected chi connectivity index (χ1v) is 21.7. The van der Waals surface area contributed by atoms with E-state index in [-0.39, 0.29) is 33.8 Å². The summed E-state index contributed by atoms with van der Waals surface area (Å²) in [5.41, 5.74) is 6.65. The van der Waals surface area contributed by atoms with Crippen LogP contribution in [0.25, 0.3) is 16.7 Å². The lowest BCUT2D eigenvalue weighted by molar-refractivity contribution is -0.568. The molecule has 61 heavy (non-hydrogen) atoms. The number of nitrogens with one attached hydrogen (secondary N) is 3. The normalized spacial score (nSPS) is 15.9. The van der Waals surface area contributed by atoms with Gasteiger partial charge in [0, 0.05) is 59.6 Å². The van der Waals surface area contributed by atoms with Crippen LogP contribution in [0.5, 0.6) is 11.5 Å². The number of amides is 1. The molecule has 3 aliphatic rings. The van der Waals surface area contributed by atoms with E-state index in [0.717, 1.165) is 12.8 Å². The van der Waals surface area contributed by atoms with Crippen LogP contribution in [0.15, 0.2) is 54.6 Å². The topological polar surface area (TPSA) is 277 Å². The van der Waals surface area contributed by atoms with Gasteiger partial charge in [-0.25, -0.2) is 23.0 Å². The summed E-state index contributed by atoms with van der Waals surface area (Å²) in [6.07, 6.45) is 0.578. The Morgan fingerprint density at radius 1 is 0.869 bits per heavy atom. The van der Waals surface area contributed by atoms with Gasteiger partial charge in [-0.15, -0.1) is 0 Å². The van der Waals surface area contributed by atoms with Crippen LogP contribution in [0.4, 0.5) is 18.9 Å². The number of hydrogen-bond acceptors (Lipinski definition) is 11. The van der Waals surface area contributed by atoms with E-state index in [9.17, 15) is 53.8 Å². The molecule has 0 aromatic heterocycles. The quantitative estimate of drug-likeness (QED) is 0.0793. The number of rotatable bonds is 12. The fourth-order valence-electron chi connectivity index (χ4n) is 7.26. The van der Waals surface area contributed by atoms with Crippen LogP contribution in [0, 0.1) is 0 Å². The Kier molecular flexibility index (Phi) is 13.0. The highest BCUT2D eigenvalue weighted by Crippen LogP contribution is 2.45. The van der Waals surface area contributed by atoms with Crippen LogP contribution in [0.3, 0.4) is 0 Å². The number of nitrogens with two attached hydrogens (primary N) is 1. The molecule has 328 valence electrons. The monoisotopic (exact) mass is 892 g/mol. The second-order valence-electron chi connectivity index (χ2n) is 15.7. The molecule has 16 nitrogen and oxygen atoms in total. The largest absolute Gasteiger partial charge is 0.748 e. The van der Waals surface area contributed by atoms with Gasteiger partial charge in [0.15, 0.2) is 5.54 Å². The van der Waals surface area contributed by atoms with Crippen molar-refractivity contribution in [2.45, 2.75) is 64.2 Å². The zero-order chi connectivity index (χ0) is 45.5. The fraction of sp³-hybridized carbons (Fsp3) is 0.350. The fourth-order valence-corrected chi connectivity index (χ4v) is 8.51. The third-order valence-electron chi connectivity index (χ3n) is 9.53. The number of ether oxygens (including phenoxy) is 1. The highest BCUT2D eigenvalue weighted by atomic mass is 32.2. The van der Waals surface area contributed by atoms with Gasteiger partial charge in [-0.05, 0) is 80.3 Å². The standard InChI is InChI=1S/C38H42N4O10S2.C2HF3O2/c1-37(2)17-22(19-53(46,47)48)25-13-28-32(15-30(25)41-37)52-33-16-31-26(23(20-54(49,50)51)18-38(3,4)42-31)14-29(33)34(28)24-9-8-21(12-27(24)36(44)45)35(43)40-11-7-5-6-10-39;3-2(4,5)1(6)7/h8-9,12-18,41H,5-7,10-11,19-20,39H2,1-4H3,(H,40,43)(H,44,45)(H,46,47,48)(H,49,50,51);(H,6,7). The molecule has 0 bridgehead atoms. The molecule has 0 radical (unpaired) electrons. The summed E-state index contributed by atoms with van der Waals surface area (Å²) in [5.74, 6) is -5.48. The molecule has 1 amide bonds. The summed E-state index contributed by atoms with van der Waals surface area (Å²) in [4.78, 5) is 38.4. The summed E-state index contributed by atoms with van der Waals surface area (Å²) < 4.78 is 109. The Morgan fingerprint density at radius 2 is 1.52 bits per heavy atom. The Bertz CT molecular complexity index is 2750. The number of halogens is 3. The highest BCUT2D eigenvalue weighted by molar-refractivity contribution is 7.86. The van der Waals surface area contributed by atoms with Crippen LogP contribution < -0.4 is 36.7 Å². The molecule has 0 fully saturated rings. The smallest absolute Gasteiger partial charge is 0.490 e. The lowest BCUT2D eigenvalue weighted by Crippen LogP contribution is -2.89. The highest BCUT2D eigenvalue weighted by Gasteiger charge is 2.38. The number of anilines is 1. The van der Waals surface area contributed by atoms with Crippen molar-refractivity contribution >= 4 is 60.5 Å². The molecular formula is C40H43F3N4O12S2. The van der Waals surface area contributed by atoms with Crippen molar-refractivity contribution < 1.29 is 73.4 Å².